The van der Waals surface area contributed by atoms with Crippen LogP contribution in [0.2, 0.25) is 5.02 Å². The van der Waals surface area contributed by atoms with Gasteiger partial charge < -0.3 is 15.0 Å². The molecule has 2 rings (SSSR count). The van der Waals surface area contributed by atoms with E-state index in [0.717, 1.165) is 17.8 Å². The number of benzene rings is 1. The molecule has 0 saturated carbocycles. The fourth-order valence-corrected chi connectivity index (χ4v) is 3.40. The Kier molecular flexibility index (Phi) is 10.3. The second-order valence-electron chi connectivity index (χ2n) is 9.90. The number of nitrogens with one attached hydrogen (secondary N) is 1. The van der Waals surface area contributed by atoms with Crippen LogP contribution in [0.3, 0.4) is 0 Å². The van der Waals surface area contributed by atoms with Crippen molar-refractivity contribution < 1.29 is 19.1 Å². The van der Waals surface area contributed by atoms with Crippen molar-refractivity contribution >= 4 is 35.2 Å². The summed E-state index contributed by atoms with van der Waals surface area (Å²) in [6.45, 7) is 12.5. The van der Waals surface area contributed by atoms with E-state index >= 15 is 0 Å². The Morgan fingerprint density at radius 2 is 1.80 bits per heavy atom. The average molecular weight is 505 g/mol. The number of nitrogens with zero attached hydrogens (tertiary/aromatic N) is 3. The third-order valence-corrected chi connectivity index (χ3v) is 5.58. The first-order valence-electron chi connectivity index (χ1n) is 12.0. The van der Waals surface area contributed by atoms with Gasteiger partial charge in [0.15, 0.2) is 0 Å². The molecular weight excluding hydrogens is 468 g/mol. The van der Waals surface area contributed by atoms with Gasteiger partial charge in [0.1, 0.15) is 5.82 Å². The van der Waals surface area contributed by atoms with E-state index in [1.807, 2.05) is 39.0 Å². The zero-order valence-electron chi connectivity index (χ0n) is 21.6. The fourth-order valence-electron chi connectivity index (χ4n) is 3.28. The molecule has 8 nitrogen and oxygen atoms in total. The van der Waals surface area contributed by atoms with Crippen molar-refractivity contribution in [2.75, 3.05) is 25.0 Å². The largest absolute Gasteiger partial charge is 0.466 e. The number of aromatic nitrogens is 2. The maximum absolute atomic E-state index is 13.1. The molecular formula is C26H37ClN4O4. The average Bonchev–Trinajstić information content (AvgIpc) is 3.19. The summed E-state index contributed by atoms with van der Waals surface area (Å²) in [5.41, 5.74) is 1.33. The molecule has 0 aliphatic rings. The lowest BCUT2D eigenvalue weighted by Gasteiger charge is -2.23. The van der Waals surface area contributed by atoms with E-state index in [-0.39, 0.29) is 43.2 Å². The van der Waals surface area contributed by atoms with Gasteiger partial charge in [0.2, 0.25) is 11.8 Å². The van der Waals surface area contributed by atoms with Crippen LogP contribution in [0.25, 0.3) is 5.69 Å². The molecule has 1 heterocycles. The first-order chi connectivity index (χ1) is 16.4. The first kappa shape index (κ1) is 28.4. The summed E-state index contributed by atoms with van der Waals surface area (Å²) >= 11 is 6.04. The van der Waals surface area contributed by atoms with E-state index in [0.29, 0.717) is 23.3 Å². The van der Waals surface area contributed by atoms with Gasteiger partial charge in [0, 0.05) is 29.5 Å². The summed E-state index contributed by atoms with van der Waals surface area (Å²) in [5.74, 6) is -0.149. The highest BCUT2D eigenvalue weighted by Gasteiger charge is 2.23. The Bertz CT molecular complexity index is 1010. The molecule has 0 aliphatic heterocycles. The van der Waals surface area contributed by atoms with Crippen molar-refractivity contribution in [3.63, 3.8) is 0 Å². The predicted octanol–water partition coefficient (Wildman–Crippen LogP) is 4.98. The SMILES string of the molecule is CCOC(=O)CCC(=O)N(CCC(C)C)CC(=O)Nc1cc(C(C)(C)C)nn1-c1ccc(Cl)cc1. The predicted molar refractivity (Wildman–Crippen MR) is 138 cm³/mol. The lowest BCUT2D eigenvalue weighted by Crippen LogP contribution is -2.39. The maximum Gasteiger partial charge on any atom is 0.306 e. The Morgan fingerprint density at radius 3 is 2.37 bits per heavy atom. The van der Waals surface area contributed by atoms with Crippen LogP contribution in [0.5, 0.6) is 0 Å². The molecule has 2 aromatic rings. The number of ether oxygens (including phenoxy) is 1. The van der Waals surface area contributed by atoms with E-state index in [1.165, 1.54) is 4.90 Å². The number of hydrogen-bond acceptors (Lipinski definition) is 5. The number of carbonyl (C=O) groups excluding carboxylic acids is 3. The Balaban J connectivity index is 2.21. The van der Waals surface area contributed by atoms with E-state index in [4.69, 9.17) is 21.4 Å². The van der Waals surface area contributed by atoms with Crippen molar-refractivity contribution in [2.24, 2.45) is 5.92 Å². The number of carbonyl (C=O) groups is 3. The van der Waals surface area contributed by atoms with Gasteiger partial charge in [0.25, 0.3) is 0 Å². The van der Waals surface area contributed by atoms with Gasteiger partial charge in [-0.15, -0.1) is 0 Å². The smallest absolute Gasteiger partial charge is 0.306 e. The highest BCUT2D eigenvalue weighted by atomic mass is 35.5. The van der Waals surface area contributed by atoms with Crippen LogP contribution in [0.15, 0.2) is 30.3 Å². The molecule has 1 aromatic carbocycles. The monoisotopic (exact) mass is 504 g/mol. The van der Waals surface area contributed by atoms with Gasteiger partial charge in [-0.25, -0.2) is 4.68 Å². The van der Waals surface area contributed by atoms with Gasteiger partial charge in [-0.05, 0) is 43.5 Å². The summed E-state index contributed by atoms with van der Waals surface area (Å²) in [4.78, 5) is 39.1. The zero-order valence-corrected chi connectivity index (χ0v) is 22.3. The normalized spacial score (nSPS) is 11.4. The molecule has 35 heavy (non-hydrogen) atoms. The number of amides is 2. The van der Waals surface area contributed by atoms with E-state index in [2.05, 4.69) is 19.2 Å². The molecule has 0 atom stereocenters. The van der Waals surface area contributed by atoms with Crippen molar-refractivity contribution in [1.29, 1.82) is 0 Å². The minimum Gasteiger partial charge on any atom is -0.466 e. The lowest BCUT2D eigenvalue weighted by molar-refractivity contribution is -0.145. The van der Waals surface area contributed by atoms with E-state index in [1.54, 1.807) is 23.7 Å². The summed E-state index contributed by atoms with van der Waals surface area (Å²) in [5, 5.41) is 8.22. The van der Waals surface area contributed by atoms with Gasteiger partial charge in [-0.1, -0.05) is 46.2 Å². The molecule has 192 valence electrons. The van der Waals surface area contributed by atoms with Crippen LogP contribution in [-0.2, 0) is 24.5 Å². The van der Waals surface area contributed by atoms with Crippen LogP contribution >= 0.6 is 11.6 Å². The number of esters is 1. The van der Waals surface area contributed by atoms with Gasteiger partial charge >= 0.3 is 5.97 Å². The zero-order chi connectivity index (χ0) is 26.2. The van der Waals surface area contributed by atoms with E-state index < -0.39 is 5.97 Å². The Morgan fingerprint density at radius 1 is 1.14 bits per heavy atom. The second-order valence-corrected chi connectivity index (χ2v) is 10.3. The summed E-state index contributed by atoms with van der Waals surface area (Å²) in [7, 11) is 0. The summed E-state index contributed by atoms with van der Waals surface area (Å²) < 4.78 is 6.58. The highest BCUT2D eigenvalue weighted by molar-refractivity contribution is 6.30. The maximum atomic E-state index is 13.1. The van der Waals surface area contributed by atoms with Gasteiger partial charge in [-0.2, -0.15) is 5.10 Å². The highest BCUT2D eigenvalue weighted by Crippen LogP contribution is 2.27. The minimum atomic E-state index is -0.421. The Labute approximate surface area is 213 Å². The molecule has 0 spiro atoms. The molecule has 0 saturated heterocycles. The molecule has 0 aliphatic carbocycles. The molecule has 1 aromatic heterocycles. The molecule has 2 amide bonds. The molecule has 1 N–H and O–H groups in total. The van der Waals surface area contributed by atoms with Gasteiger partial charge in [0.05, 0.1) is 31.0 Å². The molecule has 0 radical (unpaired) electrons. The van der Waals surface area contributed by atoms with Crippen molar-refractivity contribution in [3.05, 3.63) is 41.0 Å². The van der Waals surface area contributed by atoms with Gasteiger partial charge in [-0.3, -0.25) is 14.4 Å². The summed E-state index contributed by atoms with van der Waals surface area (Å²) in [6, 6.07) is 9.01. The number of rotatable bonds is 11. The Hall–Kier alpha value is -2.87. The van der Waals surface area contributed by atoms with Crippen LogP contribution in [0.1, 0.15) is 66.5 Å². The molecule has 9 heteroatoms. The van der Waals surface area contributed by atoms with Crippen LogP contribution in [0, 0.1) is 5.92 Å². The topological polar surface area (TPSA) is 93.5 Å². The lowest BCUT2D eigenvalue weighted by atomic mass is 9.92. The third-order valence-electron chi connectivity index (χ3n) is 5.33. The van der Waals surface area contributed by atoms with Crippen molar-refractivity contribution in [1.82, 2.24) is 14.7 Å². The third kappa shape index (κ3) is 9.02. The van der Waals surface area contributed by atoms with E-state index in [9.17, 15) is 14.4 Å². The number of anilines is 1. The number of hydrogen-bond donors (Lipinski definition) is 1. The van der Waals surface area contributed by atoms with Crippen LogP contribution in [0.4, 0.5) is 5.82 Å². The standard InChI is InChI=1S/C26H37ClN4O4/c1-7-35-25(34)13-12-24(33)30(15-14-18(2)3)17-23(32)28-22-16-21(26(4,5)6)29-31(22)20-10-8-19(27)9-11-20/h8-11,16,18H,7,12-15,17H2,1-6H3,(H,28,32). The molecule has 0 fully saturated rings. The number of halogens is 1. The summed E-state index contributed by atoms with van der Waals surface area (Å²) in [6.07, 6.45) is 0.737. The second kappa shape index (κ2) is 12.7. The fraction of sp³-hybridized carbons (Fsp3) is 0.538. The molecule has 0 bridgehead atoms. The van der Waals surface area contributed by atoms with Crippen molar-refractivity contribution in [3.8, 4) is 5.69 Å². The quantitative estimate of drug-likeness (QED) is 0.435. The molecule has 0 unspecified atom stereocenters. The van der Waals surface area contributed by atoms with Crippen LogP contribution in [-0.4, -0.2) is 52.2 Å². The minimum absolute atomic E-state index is 0.00108. The van der Waals surface area contributed by atoms with Crippen molar-refractivity contribution in [2.45, 2.75) is 66.2 Å². The first-order valence-corrected chi connectivity index (χ1v) is 12.4. The van der Waals surface area contributed by atoms with Crippen LogP contribution < -0.4 is 5.32 Å².